The number of halogens is 1. The highest BCUT2D eigenvalue weighted by atomic mass is 79.9. The maximum Gasteiger partial charge on any atom is 0.313 e. The number of rotatable bonds is 2. The number of aryl methyl sites for hydroxylation is 1. The van der Waals surface area contributed by atoms with Crippen molar-refractivity contribution in [2.75, 3.05) is 11.9 Å². The SMILES string of the molecule is Cc1ccc(NC(=O)C(=O)NCC#N)c(Br)c1. The van der Waals surface area contributed by atoms with E-state index in [9.17, 15) is 9.59 Å². The molecule has 0 fully saturated rings. The lowest BCUT2D eigenvalue weighted by Crippen LogP contribution is -2.35. The number of nitriles is 1. The monoisotopic (exact) mass is 295 g/mol. The molecule has 5 nitrogen and oxygen atoms in total. The zero-order chi connectivity index (χ0) is 12.8. The van der Waals surface area contributed by atoms with Gasteiger partial charge in [0.15, 0.2) is 0 Å². The molecule has 17 heavy (non-hydrogen) atoms. The molecule has 2 N–H and O–H groups in total. The smallest absolute Gasteiger partial charge is 0.313 e. The molecule has 88 valence electrons. The Bertz CT molecular complexity index is 494. The Morgan fingerprint density at radius 1 is 1.41 bits per heavy atom. The summed E-state index contributed by atoms with van der Waals surface area (Å²) in [5.74, 6) is -1.64. The van der Waals surface area contributed by atoms with Crippen molar-refractivity contribution in [1.29, 1.82) is 5.26 Å². The van der Waals surface area contributed by atoms with E-state index in [0.717, 1.165) is 5.56 Å². The predicted octanol–water partition coefficient (Wildman–Crippen LogP) is 1.34. The van der Waals surface area contributed by atoms with Gasteiger partial charge >= 0.3 is 11.8 Å². The van der Waals surface area contributed by atoms with Crippen LogP contribution < -0.4 is 10.6 Å². The van der Waals surface area contributed by atoms with Crippen molar-refractivity contribution in [3.05, 3.63) is 28.2 Å². The lowest BCUT2D eigenvalue weighted by atomic mass is 10.2. The van der Waals surface area contributed by atoms with Crippen molar-refractivity contribution in [3.8, 4) is 6.07 Å². The van der Waals surface area contributed by atoms with Gasteiger partial charge in [0.25, 0.3) is 0 Å². The first-order valence-corrected chi connectivity index (χ1v) is 5.56. The van der Waals surface area contributed by atoms with Gasteiger partial charge in [0.1, 0.15) is 6.54 Å². The minimum Gasteiger partial charge on any atom is -0.335 e. The summed E-state index contributed by atoms with van der Waals surface area (Å²) in [6.07, 6.45) is 0. The van der Waals surface area contributed by atoms with Crippen LogP contribution in [0.2, 0.25) is 0 Å². The normalized spacial score (nSPS) is 9.24. The third-order valence-electron chi connectivity index (χ3n) is 1.91. The fraction of sp³-hybridized carbons (Fsp3) is 0.182. The number of nitrogens with one attached hydrogen (secondary N) is 2. The molecule has 0 atom stereocenters. The molecular formula is C11H10BrN3O2. The van der Waals surface area contributed by atoms with Gasteiger partial charge in [-0.25, -0.2) is 0 Å². The molecule has 0 aliphatic rings. The van der Waals surface area contributed by atoms with Crippen LogP contribution in [-0.4, -0.2) is 18.4 Å². The van der Waals surface area contributed by atoms with Crippen molar-refractivity contribution in [1.82, 2.24) is 5.32 Å². The standard InChI is InChI=1S/C11H10BrN3O2/c1-7-2-3-9(8(12)6-7)15-11(17)10(16)14-5-4-13/h2-3,6H,5H2,1H3,(H,14,16)(H,15,17). The van der Waals surface area contributed by atoms with E-state index >= 15 is 0 Å². The van der Waals surface area contributed by atoms with Gasteiger partial charge in [0.2, 0.25) is 0 Å². The van der Waals surface area contributed by atoms with Crippen LogP contribution in [0.15, 0.2) is 22.7 Å². The molecule has 0 aliphatic carbocycles. The van der Waals surface area contributed by atoms with Gasteiger partial charge in [-0.05, 0) is 40.5 Å². The Kier molecular flexibility index (Phi) is 4.67. The Morgan fingerprint density at radius 2 is 2.12 bits per heavy atom. The first kappa shape index (κ1) is 13.2. The summed E-state index contributed by atoms with van der Waals surface area (Å²) in [4.78, 5) is 22.6. The Hall–Kier alpha value is -1.87. The van der Waals surface area contributed by atoms with E-state index in [4.69, 9.17) is 5.26 Å². The van der Waals surface area contributed by atoms with E-state index in [0.29, 0.717) is 10.2 Å². The second kappa shape index (κ2) is 6.01. The summed E-state index contributed by atoms with van der Waals surface area (Å²) < 4.78 is 0.693. The van der Waals surface area contributed by atoms with Gasteiger partial charge in [-0.3, -0.25) is 9.59 Å². The van der Waals surface area contributed by atoms with Crippen LogP contribution in [0, 0.1) is 18.3 Å². The molecule has 0 aromatic heterocycles. The number of benzene rings is 1. The number of nitrogens with zero attached hydrogens (tertiary/aromatic N) is 1. The van der Waals surface area contributed by atoms with Crippen molar-refractivity contribution >= 4 is 33.4 Å². The van der Waals surface area contributed by atoms with Crippen LogP contribution in [0.1, 0.15) is 5.56 Å². The maximum atomic E-state index is 11.4. The zero-order valence-corrected chi connectivity index (χ0v) is 10.7. The van der Waals surface area contributed by atoms with Gasteiger partial charge in [0, 0.05) is 4.47 Å². The minimum atomic E-state index is -0.834. The minimum absolute atomic E-state index is 0.193. The maximum absolute atomic E-state index is 11.4. The summed E-state index contributed by atoms with van der Waals surface area (Å²) in [6, 6.07) is 7.04. The lowest BCUT2D eigenvalue weighted by molar-refractivity contribution is -0.136. The van der Waals surface area contributed by atoms with Crippen LogP contribution in [0.4, 0.5) is 5.69 Å². The van der Waals surface area contributed by atoms with Crippen molar-refractivity contribution in [2.45, 2.75) is 6.92 Å². The summed E-state index contributed by atoms with van der Waals surface area (Å²) in [5.41, 5.74) is 1.54. The summed E-state index contributed by atoms with van der Waals surface area (Å²) in [7, 11) is 0. The Morgan fingerprint density at radius 3 is 2.71 bits per heavy atom. The van der Waals surface area contributed by atoms with Crippen LogP contribution in [-0.2, 0) is 9.59 Å². The first-order chi connectivity index (χ1) is 8.04. The van der Waals surface area contributed by atoms with Crippen LogP contribution in [0.25, 0.3) is 0 Å². The lowest BCUT2D eigenvalue weighted by Gasteiger charge is -2.07. The molecule has 0 aliphatic heterocycles. The fourth-order valence-electron chi connectivity index (χ4n) is 1.10. The van der Waals surface area contributed by atoms with Crippen molar-refractivity contribution in [3.63, 3.8) is 0 Å². The molecule has 0 bridgehead atoms. The van der Waals surface area contributed by atoms with Crippen LogP contribution in [0.3, 0.4) is 0 Å². The van der Waals surface area contributed by atoms with Crippen molar-refractivity contribution in [2.24, 2.45) is 0 Å². The molecule has 1 rings (SSSR count). The fourth-order valence-corrected chi connectivity index (χ4v) is 1.69. The quantitative estimate of drug-likeness (QED) is 0.638. The van der Waals surface area contributed by atoms with Crippen molar-refractivity contribution < 1.29 is 9.59 Å². The molecule has 0 unspecified atom stereocenters. The molecular weight excluding hydrogens is 286 g/mol. The molecule has 0 saturated heterocycles. The molecule has 6 heteroatoms. The van der Waals surface area contributed by atoms with Crippen LogP contribution >= 0.6 is 15.9 Å². The first-order valence-electron chi connectivity index (χ1n) is 4.77. The molecule has 0 heterocycles. The molecule has 1 aromatic carbocycles. The molecule has 0 saturated carbocycles. The number of hydrogen-bond acceptors (Lipinski definition) is 3. The Labute approximate surface area is 107 Å². The topological polar surface area (TPSA) is 82.0 Å². The average molecular weight is 296 g/mol. The highest BCUT2D eigenvalue weighted by molar-refractivity contribution is 9.10. The van der Waals surface area contributed by atoms with E-state index in [-0.39, 0.29) is 6.54 Å². The number of anilines is 1. The number of amides is 2. The third kappa shape index (κ3) is 3.89. The summed E-state index contributed by atoms with van der Waals surface area (Å²) in [6.45, 7) is 1.72. The van der Waals surface area contributed by atoms with Crippen LogP contribution in [0.5, 0.6) is 0 Å². The third-order valence-corrected chi connectivity index (χ3v) is 2.56. The average Bonchev–Trinajstić information content (AvgIpc) is 2.29. The Balaban J connectivity index is 2.68. The van der Waals surface area contributed by atoms with E-state index in [1.165, 1.54) is 0 Å². The van der Waals surface area contributed by atoms with Gasteiger partial charge in [0.05, 0.1) is 11.8 Å². The second-order valence-corrected chi connectivity index (χ2v) is 4.13. The predicted molar refractivity (Wildman–Crippen MR) is 66.1 cm³/mol. The summed E-state index contributed by atoms with van der Waals surface area (Å²) >= 11 is 3.28. The molecule has 0 radical (unpaired) electrons. The van der Waals surface area contributed by atoms with E-state index < -0.39 is 11.8 Å². The van der Waals surface area contributed by atoms with E-state index in [1.807, 2.05) is 19.1 Å². The van der Waals surface area contributed by atoms with Gasteiger partial charge in [-0.15, -0.1) is 0 Å². The summed E-state index contributed by atoms with van der Waals surface area (Å²) in [5, 5.41) is 12.9. The molecule has 1 aromatic rings. The number of carbonyl (C=O) groups is 2. The number of carbonyl (C=O) groups excluding carboxylic acids is 2. The highest BCUT2D eigenvalue weighted by Gasteiger charge is 2.14. The van der Waals surface area contributed by atoms with Gasteiger partial charge < -0.3 is 10.6 Å². The van der Waals surface area contributed by atoms with E-state index in [2.05, 4.69) is 26.6 Å². The van der Waals surface area contributed by atoms with Gasteiger partial charge in [-0.1, -0.05) is 6.07 Å². The number of hydrogen-bond donors (Lipinski definition) is 2. The second-order valence-electron chi connectivity index (χ2n) is 3.28. The molecule has 0 spiro atoms. The zero-order valence-electron chi connectivity index (χ0n) is 9.08. The van der Waals surface area contributed by atoms with E-state index in [1.54, 1.807) is 12.1 Å². The van der Waals surface area contributed by atoms with Gasteiger partial charge in [-0.2, -0.15) is 5.26 Å². The largest absolute Gasteiger partial charge is 0.335 e. The highest BCUT2D eigenvalue weighted by Crippen LogP contribution is 2.23. The molecule has 2 amide bonds.